The van der Waals surface area contributed by atoms with E-state index in [4.69, 9.17) is 11.6 Å². The Morgan fingerprint density at radius 3 is 2.59 bits per heavy atom. The molecule has 0 aliphatic rings. The first-order valence-corrected chi connectivity index (χ1v) is 8.70. The third-order valence-electron chi connectivity index (χ3n) is 4.38. The van der Waals surface area contributed by atoms with E-state index < -0.39 is 0 Å². The largest absolute Gasteiger partial charge is 0.292 e. The molecule has 0 N–H and O–H groups in total. The first kappa shape index (κ1) is 17.2. The quantitative estimate of drug-likeness (QED) is 0.510. The summed E-state index contributed by atoms with van der Waals surface area (Å²) in [6, 6.07) is 14.3. The van der Waals surface area contributed by atoms with E-state index in [1.807, 2.05) is 31.2 Å². The molecule has 27 heavy (non-hydrogen) atoms. The molecule has 0 atom stereocenters. The van der Waals surface area contributed by atoms with Crippen LogP contribution in [0.5, 0.6) is 0 Å². The third kappa shape index (κ3) is 3.15. The van der Waals surface area contributed by atoms with Gasteiger partial charge in [0.2, 0.25) is 0 Å². The molecule has 0 spiro atoms. The van der Waals surface area contributed by atoms with Crippen molar-refractivity contribution in [2.75, 3.05) is 0 Å². The normalized spacial score (nSPS) is 11.0. The van der Waals surface area contributed by atoms with Crippen LogP contribution in [0.4, 0.5) is 0 Å². The zero-order chi connectivity index (χ0) is 19.0. The summed E-state index contributed by atoms with van der Waals surface area (Å²) in [7, 11) is 0. The number of rotatable bonds is 4. The molecule has 6 nitrogen and oxygen atoms in total. The number of Topliss-reactive ketones (excluding diaryl/α,β-unsaturated/α-hetero) is 1. The van der Waals surface area contributed by atoms with Gasteiger partial charge in [0.25, 0.3) is 5.56 Å². The first-order chi connectivity index (χ1) is 13.0. The lowest BCUT2D eigenvalue weighted by atomic mass is 10.1. The number of para-hydroxylation sites is 1. The topological polar surface area (TPSA) is 69.8 Å². The van der Waals surface area contributed by atoms with Crippen molar-refractivity contribution in [2.24, 2.45) is 0 Å². The van der Waals surface area contributed by atoms with E-state index in [1.165, 1.54) is 17.1 Å². The minimum atomic E-state index is -0.304. The smallest absolute Gasteiger partial charge is 0.264 e. The van der Waals surface area contributed by atoms with Gasteiger partial charge in [-0.2, -0.15) is 5.10 Å². The molecule has 0 aliphatic heterocycles. The number of aromatic nitrogens is 4. The zero-order valence-corrected chi connectivity index (χ0v) is 15.2. The highest BCUT2D eigenvalue weighted by Crippen LogP contribution is 2.17. The molecule has 2 aromatic heterocycles. The number of ketones is 1. The van der Waals surface area contributed by atoms with Gasteiger partial charge in [-0.3, -0.25) is 14.2 Å². The minimum Gasteiger partial charge on any atom is -0.292 e. The van der Waals surface area contributed by atoms with Gasteiger partial charge in [0.05, 0.1) is 18.4 Å². The van der Waals surface area contributed by atoms with Crippen LogP contribution in [0, 0.1) is 6.92 Å². The fourth-order valence-electron chi connectivity index (χ4n) is 2.92. The van der Waals surface area contributed by atoms with Gasteiger partial charge in [0.1, 0.15) is 11.7 Å². The van der Waals surface area contributed by atoms with Gasteiger partial charge in [0, 0.05) is 10.6 Å². The van der Waals surface area contributed by atoms with Crippen LogP contribution >= 0.6 is 11.6 Å². The molecule has 0 unspecified atom stereocenters. The number of carbonyl (C=O) groups is 1. The molecule has 0 fully saturated rings. The minimum absolute atomic E-state index is 0.0983. The van der Waals surface area contributed by atoms with Crippen molar-refractivity contribution in [3.05, 3.63) is 87.6 Å². The highest BCUT2D eigenvalue weighted by molar-refractivity contribution is 6.30. The number of carbonyl (C=O) groups excluding carboxylic acids is 1. The van der Waals surface area contributed by atoms with Crippen LogP contribution in [0.15, 0.2) is 65.8 Å². The fraction of sp³-hybridized carbons (Fsp3) is 0.100. The average Bonchev–Trinajstić information content (AvgIpc) is 3.09. The Labute approximate surface area is 159 Å². The highest BCUT2D eigenvalue weighted by atomic mass is 35.5. The molecule has 0 aliphatic carbocycles. The lowest BCUT2D eigenvalue weighted by Crippen LogP contribution is -2.24. The molecular weight excluding hydrogens is 364 g/mol. The number of fused-ring (bicyclic) bond motifs is 1. The molecule has 134 valence electrons. The monoisotopic (exact) mass is 378 g/mol. The van der Waals surface area contributed by atoms with E-state index >= 15 is 0 Å². The van der Waals surface area contributed by atoms with E-state index in [-0.39, 0.29) is 17.9 Å². The van der Waals surface area contributed by atoms with Crippen LogP contribution in [-0.2, 0) is 6.54 Å². The number of nitrogens with zero attached hydrogens (tertiary/aromatic N) is 4. The van der Waals surface area contributed by atoms with Crippen LogP contribution in [0.1, 0.15) is 15.9 Å². The maximum absolute atomic E-state index is 12.8. The standard InChI is InChI=1S/C20H15ClN4O2/c1-13-4-2-3-5-17(13)25-19-16(10-23-25)20(27)24(12-22-19)11-18(26)14-6-8-15(21)9-7-14/h2-10,12H,11H2,1H3. The van der Waals surface area contributed by atoms with Gasteiger partial charge >= 0.3 is 0 Å². The van der Waals surface area contributed by atoms with Crippen LogP contribution in [0.2, 0.25) is 5.02 Å². The van der Waals surface area contributed by atoms with Crippen LogP contribution in [0.3, 0.4) is 0 Å². The van der Waals surface area contributed by atoms with Gasteiger partial charge < -0.3 is 0 Å². The number of aryl methyl sites for hydroxylation is 1. The Kier molecular flexibility index (Phi) is 4.33. The van der Waals surface area contributed by atoms with E-state index in [0.717, 1.165) is 11.3 Å². The SMILES string of the molecule is Cc1ccccc1-n1ncc2c(=O)n(CC(=O)c3ccc(Cl)cc3)cnc21. The second-order valence-electron chi connectivity index (χ2n) is 6.19. The lowest BCUT2D eigenvalue weighted by molar-refractivity contribution is 0.0970. The second-order valence-corrected chi connectivity index (χ2v) is 6.62. The number of benzene rings is 2. The van der Waals surface area contributed by atoms with Crippen molar-refractivity contribution in [1.29, 1.82) is 0 Å². The molecule has 0 saturated carbocycles. The number of hydrogen-bond acceptors (Lipinski definition) is 4. The summed E-state index contributed by atoms with van der Waals surface area (Å²) in [5.41, 5.74) is 2.52. The van der Waals surface area contributed by atoms with Gasteiger partial charge in [-0.25, -0.2) is 9.67 Å². The molecule has 4 aromatic rings. The maximum atomic E-state index is 12.8. The predicted molar refractivity (Wildman–Crippen MR) is 104 cm³/mol. The summed E-state index contributed by atoms with van der Waals surface area (Å²) in [4.78, 5) is 29.6. The van der Waals surface area contributed by atoms with E-state index in [2.05, 4.69) is 10.1 Å². The first-order valence-electron chi connectivity index (χ1n) is 8.32. The Hall–Kier alpha value is -3.25. The molecule has 0 bridgehead atoms. The molecule has 0 radical (unpaired) electrons. The van der Waals surface area contributed by atoms with Gasteiger partial charge in [0.15, 0.2) is 11.4 Å². The van der Waals surface area contributed by atoms with Crippen molar-refractivity contribution in [3.63, 3.8) is 0 Å². The van der Waals surface area contributed by atoms with Gasteiger partial charge in [-0.15, -0.1) is 0 Å². The van der Waals surface area contributed by atoms with E-state index in [0.29, 0.717) is 21.6 Å². The number of hydrogen-bond donors (Lipinski definition) is 0. The summed E-state index contributed by atoms with van der Waals surface area (Å²) < 4.78 is 2.93. The van der Waals surface area contributed by atoms with E-state index in [9.17, 15) is 9.59 Å². The van der Waals surface area contributed by atoms with Crippen LogP contribution in [-0.4, -0.2) is 25.1 Å². The highest BCUT2D eigenvalue weighted by Gasteiger charge is 2.14. The Morgan fingerprint density at radius 2 is 1.85 bits per heavy atom. The second kappa shape index (κ2) is 6.81. The van der Waals surface area contributed by atoms with Crippen molar-refractivity contribution < 1.29 is 4.79 Å². The molecule has 0 saturated heterocycles. The van der Waals surface area contributed by atoms with Crippen molar-refractivity contribution in [3.8, 4) is 5.69 Å². The van der Waals surface area contributed by atoms with Crippen LogP contribution < -0.4 is 5.56 Å². The lowest BCUT2D eigenvalue weighted by Gasteiger charge is -2.08. The zero-order valence-electron chi connectivity index (χ0n) is 14.5. The molecule has 2 heterocycles. The predicted octanol–water partition coefficient (Wildman–Crippen LogP) is 3.43. The summed E-state index contributed by atoms with van der Waals surface area (Å²) in [6.45, 7) is 1.87. The van der Waals surface area contributed by atoms with Crippen molar-refractivity contribution >= 4 is 28.4 Å². The Morgan fingerprint density at radius 1 is 1.11 bits per heavy atom. The fourth-order valence-corrected chi connectivity index (χ4v) is 3.05. The summed E-state index contributed by atoms with van der Waals surface area (Å²) in [6.07, 6.45) is 2.87. The average molecular weight is 379 g/mol. The Balaban J connectivity index is 1.71. The number of halogens is 1. The summed E-state index contributed by atoms with van der Waals surface area (Å²) in [5.74, 6) is -0.193. The molecule has 2 aromatic carbocycles. The summed E-state index contributed by atoms with van der Waals surface area (Å²) in [5, 5.41) is 5.23. The molecule has 0 amide bonds. The molecular formula is C20H15ClN4O2. The maximum Gasteiger partial charge on any atom is 0.264 e. The van der Waals surface area contributed by atoms with Crippen molar-refractivity contribution in [2.45, 2.75) is 13.5 Å². The van der Waals surface area contributed by atoms with Crippen LogP contribution in [0.25, 0.3) is 16.7 Å². The Bertz CT molecular complexity index is 1210. The van der Waals surface area contributed by atoms with E-state index in [1.54, 1.807) is 28.9 Å². The molecule has 7 heteroatoms. The molecule has 4 rings (SSSR count). The van der Waals surface area contributed by atoms with Gasteiger partial charge in [-0.05, 0) is 42.8 Å². The third-order valence-corrected chi connectivity index (χ3v) is 4.63. The summed E-state index contributed by atoms with van der Waals surface area (Å²) >= 11 is 5.85. The van der Waals surface area contributed by atoms with Gasteiger partial charge in [-0.1, -0.05) is 29.8 Å². The van der Waals surface area contributed by atoms with Crippen molar-refractivity contribution in [1.82, 2.24) is 19.3 Å².